The number of ether oxygens (including phenoxy) is 1. The number of aliphatic hydroxyl groups is 2. The Hall–Kier alpha value is -2.44. The van der Waals surface area contributed by atoms with Gasteiger partial charge >= 0.3 is 0 Å². The average molecular weight is 442 g/mol. The Morgan fingerprint density at radius 3 is 2.75 bits per heavy atom. The van der Waals surface area contributed by atoms with Crippen molar-refractivity contribution in [1.29, 1.82) is 0 Å². The molecule has 6 heteroatoms. The molecule has 174 valence electrons. The van der Waals surface area contributed by atoms with E-state index in [-0.39, 0.29) is 30.6 Å². The molecule has 0 aromatic heterocycles. The van der Waals surface area contributed by atoms with Gasteiger partial charge in [-0.25, -0.2) is 0 Å². The van der Waals surface area contributed by atoms with Crippen LogP contribution < -0.4 is 10.1 Å². The summed E-state index contributed by atoms with van der Waals surface area (Å²) >= 11 is 0. The second-order valence-corrected chi connectivity index (χ2v) is 8.85. The summed E-state index contributed by atoms with van der Waals surface area (Å²) in [5.74, 6) is 0.876. The summed E-state index contributed by atoms with van der Waals surface area (Å²) < 4.78 is 5.53. The molecule has 1 amide bonds. The van der Waals surface area contributed by atoms with E-state index in [0.29, 0.717) is 24.5 Å². The number of rotatable bonds is 13. The van der Waals surface area contributed by atoms with E-state index >= 15 is 0 Å². The number of ketones is 1. The zero-order chi connectivity index (χ0) is 22.8. The fourth-order valence-electron chi connectivity index (χ4n) is 3.95. The van der Waals surface area contributed by atoms with E-state index in [1.807, 2.05) is 42.5 Å². The van der Waals surface area contributed by atoms with E-state index in [1.165, 1.54) is 12.8 Å². The number of benzene rings is 1. The van der Waals surface area contributed by atoms with E-state index in [2.05, 4.69) is 5.32 Å². The normalized spacial score (nSPS) is 24.3. The van der Waals surface area contributed by atoms with Crippen molar-refractivity contribution in [3.05, 3.63) is 54.6 Å². The van der Waals surface area contributed by atoms with Crippen molar-refractivity contribution < 1.29 is 24.5 Å². The molecule has 0 spiro atoms. The number of nitrogens with one attached hydrogen (secondary N) is 1. The van der Waals surface area contributed by atoms with Crippen molar-refractivity contribution >= 4 is 11.7 Å². The van der Waals surface area contributed by atoms with Crippen LogP contribution in [0.15, 0.2) is 54.6 Å². The molecule has 2 saturated carbocycles. The molecule has 0 saturated heterocycles. The Morgan fingerprint density at radius 1 is 1.22 bits per heavy atom. The van der Waals surface area contributed by atoms with Crippen molar-refractivity contribution in [2.45, 2.75) is 57.2 Å². The quantitative estimate of drug-likeness (QED) is 0.323. The minimum atomic E-state index is -0.831. The third kappa shape index (κ3) is 8.24. The maximum atomic E-state index is 12.3. The summed E-state index contributed by atoms with van der Waals surface area (Å²) in [7, 11) is 0. The molecule has 3 rings (SSSR count). The number of amides is 1. The first-order valence-corrected chi connectivity index (χ1v) is 11.7. The van der Waals surface area contributed by atoms with Crippen molar-refractivity contribution in [3.63, 3.8) is 0 Å². The van der Waals surface area contributed by atoms with Crippen molar-refractivity contribution in [2.75, 3.05) is 13.2 Å². The van der Waals surface area contributed by atoms with Gasteiger partial charge in [0.2, 0.25) is 5.91 Å². The van der Waals surface area contributed by atoms with Gasteiger partial charge in [-0.15, -0.1) is 0 Å². The van der Waals surface area contributed by atoms with Gasteiger partial charge in [0.1, 0.15) is 24.2 Å². The number of allylic oxidation sites excluding steroid dienone is 3. The minimum absolute atomic E-state index is 0.00402. The number of carbonyl (C=O) groups is 2. The molecule has 6 nitrogen and oxygen atoms in total. The van der Waals surface area contributed by atoms with Crippen LogP contribution in [-0.4, -0.2) is 47.3 Å². The number of unbranched alkanes of at least 4 members (excludes halogenated alkanes) is 1. The number of carbonyl (C=O) groups excluding carboxylic acids is 2. The lowest BCUT2D eigenvalue weighted by Crippen LogP contribution is -2.24. The maximum Gasteiger partial charge on any atom is 0.220 e. The first-order chi connectivity index (χ1) is 15.5. The summed E-state index contributed by atoms with van der Waals surface area (Å²) in [6, 6.07) is 9.24. The molecule has 1 aromatic rings. The molecule has 2 fully saturated rings. The van der Waals surface area contributed by atoms with Crippen LogP contribution in [0.5, 0.6) is 5.75 Å². The van der Waals surface area contributed by atoms with Gasteiger partial charge in [0.25, 0.3) is 0 Å². The first kappa shape index (κ1) is 24.2. The lowest BCUT2D eigenvalue weighted by molar-refractivity contribution is -0.121. The summed E-state index contributed by atoms with van der Waals surface area (Å²) in [5.41, 5.74) is 0. The molecule has 0 unspecified atom stereocenters. The van der Waals surface area contributed by atoms with Crippen molar-refractivity contribution in [3.8, 4) is 5.75 Å². The summed E-state index contributed by atoms with van der Waals surface area (Å²) in [4.78, 5) is 24.1. The van der Waals surface area contributed by atoms with Gasteiger partial charge in [0.05, 0.1) is 6.10 Å². The van der Waals surface area contributed by atoms with Gasteiger partial charge in [0.15, 0.2) is 0 Å². The third-order valence-electron chi connectivity index (χ3n) is 6.08. The van der Waals surface area contributed by atoms with Gasteiger partial charge in [-0.3, -0.25) is 9.59 Å². The van der Waals surface area contributed by atoms with Crippen LogP contribution in [0.3, 0.4) is 0 Å². The average Bonchev–Trinajstić information content (AvgIpc) is 3.58. The molecule has 0 radical (unpaired) electrons. The molecule has 3 N–H and O–H groups in total. The Kier molecular flexibility index (Phi) is 9.50. The topological polar surface area (TPSA) is 95.9 Å². The smallest absolute Gasteiger partial charge is 0.220 e. The van der Waals surface area contributed by atoms with Gasteiger partial charge in [-0.2, -0.15) is 0 Å². The maximum absolute atomic E-state index is 12.3. The van der Waals surface area contributed by atoms with Gasteiger partial charge < -0.3 is 20.3 Å². The minimum Gasteiger partial charge on any atom is -0.491 e. The predicted octanol–water partition coefficient (Wildman–Crippen LogP) is 3.19. The second-order valence-electron chi connectivity index (χ2n) is 8.85. The molecular formula is C26H35NO5. The van der Waals surface area contributed by atoms with Crippen molar-refractivity contribution in [2.24, 2.45) is 17.8 Å². The van der Waals surface area contributed by atoms with Crippen LogP contribution in [0.4, 0.5) is 0 Å². The zero-order valence-corrected chi connectivity index (χ0v) is 18.6. The highest BCUT2D eigenvalue weighted by atomic mass is 16.5. The van der Waals surface area contributed by atoms with Crippen LogP contribution in [0.25, 0.3) is 0 Å². The standard InChI is InChI=1S/C26H35NO5/c28-20(18-32-21-8-4-3-5-9-21)14-15-23-22(24(29)16-25(23)30)10-6-1-2-7-11-26(31)27-17-19-12-13-19/h1,3-6,8-9,14-15,19-20,22-24,28-29H,2,7,10-13,16-18H2,(H,27,31)/t20-,22-,23-,24+/m1/s1. The number of Topliss-reactive ketones (excluding diaryl/α,β-unsaturated/α-hetero) is 1. The zero-order valence-electron chi connectivity index (χ0n) is 18.6. The fourth-order valence-corrected chi connectivity index (χ4v) is 3.95. The number of hydrogen-bond acceptors (Lipinski definition) is 5. The molecule has 32 heavy (non-hydrogen) atoms. The summed E-state index contributed by atoms with van der Waals surface area (Å²) in [6.45, 7) is 0.910. The van der Waals surface area contributed by atoms with E-state index in [4.69, 9.17) is 4.74 Å². The molecule has 0 aliphatic heterocycles. The van der Waals surface area contributed by atoms with Gasteiger partial charge in [-0.05, 0) is 50.2 Å². The van der Waals surface area contributed by atoms with E-state index in [1.54, 1.807) is 12.2 Å². The monoisotopic (exact) mass is 441 g/mol. The Balaban J connectivity index is 1.37. The van der Waals surface area contributed by atoms with Crippen LogP contribution >= 0.6 is 0 Å². The van der Waals surface area contributed by atoms with Crippen LogP contribution in [-0.2, 0) is 9.59 Å². The molecule has 0 heterocycles. The van der Waals surface area contributed by atoms with Crippen LogP contribution in [0, 0.1) is 17.8 Å². The number of aliphatic hydroxyl groups excluding tert-OH is 2. The largest absolute Gasteiger partial charge is 0.491 e. The summed E-state index contributed by atoms with van der Waals surface area (Å²) in [6.07, 6.45) is 11.1. The molecular weight excluding hydrogens is 406 g/mol. The highest BCUT2D eigenvalue weighted by Crippen LogP contribution is 2.33. The molecule has 2 aliphatic rings. The first-order valence-electron chi connectivity index (χ1n) is 11.7. The van der Waals surface area contributed by atoms with E-state index in [9.17, 15) is 19.8 Å². The Labute approximate surface area is 190 Å². The number of hydrogen-bond donors (Lipinski definition) is 3. The Morgan fingerprint density at radius 2 is 2.00 bits per heavy atom. The highest BCUT2D eigenvalue weighted by molar-refractivity contribution is 5.86. The fraction of sp³-hybridized carbons (Fsp3) is 0.538. The molecule has 2 aliphatic carbocycles. The van der Waals surface area contributed by atoms with Gasteiger partial charge in [-0.1, -0.05) is 42.5 Å². The molecule has 4 atom stereocenters. The lowest BCUT2D eigenvalue weighted by atomic mass is 9.90. The SMILES string of the molecule is O=C(CCCC=CC[C@H]1[C@@H](O)CC(=O)[C@@H]1C=C[C@@H](O)COc1ccccc1)NCC1CC1. The summed E-state index contributed by atoms with van der Waals surface area (Å²) in [5, 5.41) is 23.4. The van der Waals surface area contributed by atoms with Crippen molar-refractivity contribution in [1.82, 2.24) is 5.32 Å². The van der Waals surface area contributed by atoms with E-state index < -0.39 is 18.1 Å². The highest BCUT2D eigenvalue weighted by Gasteiger charge is 2.39. The predicted molar refractivity (Wildman–Crippen MR) is 123 cm³/mol. The number of para-hydroxylation sites is 1. The van der Waals surface area contributed by atoms with Gasteiger partial charge in [0, 0.05) is 31.2 Å². The van der Waals surface area contributed by atoms with E-state index in [0.717, 1.165) is 19.4 Å². The lowest BCUT2D eigenvalue weighted by Gasteiger charge is -2.17. The molecule has 1 aromatic carbocycles. The third-order valence-corrected chi connectivity index (χ3v) is 6.08. The van der Waals surface area contributed by atoms with Crippen LogP contribution in [0.2, 0.25) is 0 Å². The molecule has 0 bridgehead atoms. The second kappa shape index (κ2) is 12.6. The Bertz CT molecular complexity index is 787. The van der Waals surface area contributed by atoms with Crippen LogP contribution in [0.1, 0.15) is 44.9 Å².